The second-order valence-electron chi connectivity index (χ2n) is 4.11. The maximum absolute atomic E-state index is 13.1. The molecule has 0 fully saturated rings. The van der Waals surface area contributed by atoms with Crippen LogP contribution < -0.4 is 0 Å². The number of rotatable bonds is 4. The van der Waals surface area contributed by atoms with Gasteiger partial charge in [0.2, 0.25) is 0 Å². The van der Waals surface area contributed by atoms with Crippen LogP contribution in [0.4, 0.5) is 4.39 Å². The van der Waals surface area contributed by atoms with Gasteiger partial charge in [0, 0.05) is 17.3 Å². The van der Waals surface area contributed by atoms with Gasteiger partial charge in [0.15, 0.2) is 0 Å². The molecular formula is C15H12BrFO. The van der Waals surface area contributed by atoms with Crippen LogP contribution in [0, 0.1) is 5.82 Å². The molecule has 1 nitrogen and oxygen atoms in total. The number of carbonyl (C=O) groups is 1. The van der Waals surface area contributed by atoms with E-state index in [1.54, 1.807) is 6.07 Å². The van der Waals surface area contributed by atoms with Crippen molar-refractivity contribution < 1.29 is 9.18 Å². The van der Waals surface area contributed by atoms with Gasteiger partial charge in [0.25, 0.3) is 0 Å². The summed E-state index contributed by atoms with van der Waals surface area (Å²) in [5.41, 5.74) is 1.67. The van der Waals surface area contributed by atoms with E-state index in [4.69, 9.17) is 0 Å². The summed E-state index contributed by atoms with van der Waals surface area (Å²) in [5, 5.41) is 0. The summed E-state index contributed by atoms with van der Waals surface area (Å²) in [6.45, 7) is 0. The molecule has 92 valence electrons. The van der Waals surface area contributed by atoms with Crippen molar-refractivity contribution in [1.29, 1.82) is 0 Å². The maximum atomic E-state index is 13.1. The highest BCUT2D eigenvalue weighted by molar-refractivity contribution is 9.10. The van der Waals surface area contributed by atoms with Gasteiger partial charge in [-0.3, -0.25) is 4.79 Å². The highest BCUT2D eigenvalue weighted by Crippen LogP contribution is 2.19. The monoisotopic (exact) mass is 306 g/mol. The minimum absolute atomic E-state index is 0.0764. The summed E-state index contributed by atoms with van der Waals surface area (Å²) in [5.74, 6) is -0.242. The standard InChI is InChI=1S/C15H12BrFO/c16-15-7-6-13(17)9-12(15)10-14(18)8-11-4-2-1-3-5-11/h1-7,9H,8,10H2. The molecular weight excluding hydrogens is 295 g/mol. The molecule has 2 aromatic rings. The predicted octanol–water partition coefficient (Wildman–Crippen LogP) is 3.94. The Bertz CT molecular complexity index is 552. The molecule has 0 aromatic heterocycles. The summed E-state index contributed by atoms with van der Waals surface area (Å²) >= 11 is 3.33. The smallest absolute Gasteiger partial charge is 0.141 e. The number of benzene rings is 2. The van der Waals surface area contributed by atoms with Gasteiger partial charge in [-0.25, -0.2) is 4.39 Å². The summed E-state index contributed by atoms with van der Waals surface area (Å²) in [4.78, 5) is 11.9. The number of hydrogen-bond donors (Lipinski definition) is 0. The van der Waals surface area contributed by atoms with Gasteiger partial charge in [0.1, 0.15) is 11.6 Å². The Labute approximate surface area is 114 Å². The van der Waals surface area contributed by atoms with Crippen LogP contribution in [-0.4, -0.2) is 5.78 Å². The Morgan fingerprint density at radius 3 is 2.50 bits per heavy atom. The van der Waals surface area contributed by atoms with E-state index in [1.165, 1.54) is 12.1 Å². The molecule has 0 heterocycles. The molecule has 0 radical (unpaired) electrons. The van der Waals surface area contributed by atoms with Gasteiger partial charge in [-0.15, -0.1) is 0 Å². The second-order valence-corrected chi connectivity index (χ2v) is 4.97. The first-order valence-electron chi connectivity index (χ1n) is 5.65. The highest BCUT2D eigenvalue weighted by atomic mass is 79.9. The van der Waals surface area contributed by atoms with Gasteiger partial charge in [-0.2, -0.15) is 0 Å². The van der Waals surface area contributed by atoms with Crippen LogP contribution in [0.2, 0.25) is 0 Å². The third-order valence-corrected chi connectivity index (χ3v) is 3.41. The normalized spacial score (nSPS) is 10.3. The molecule has 2 aromatic carbocycles. The summed E-state index contributed by atoms with van der Waals surface area (Å²) in [7, 11) is 0. The van der Waals surface area contributed by atoms with Crippen molar-refractivity contribution in [3.05, 3.63) is 69.9 Å². The topological polar surface area (TPSA) is 17.1 Å². The van der Waals surface area contributed by atoms with E-state index in [9.17, 15) is 9.18 Å². The first kappa shape index (κ1) is 13.0. The lowest BCUT2D eigenvalue weighted by atomic mass is 10.0. The number of halogens is 2. The minimum Gasteiger partial charge on any atom is -0.299 e. The first-order valence-corrected chi connectivity index (χ1v) is 6.44. The third kappa shape index (κ3) is 3.50. The zero-order valence-electron chi connectivity index (χ0n) is 9.70. The van der Waals surface area contributed by atoms with E-state index < -0.39 is 0 Å². The van der Waals surface area contributed by atoms with Crippen molar-refractivity contribution in [1.82, 2.24) is 0 Å². The molecule has 3 heteroatoms. The van der Waals surface area contributed by atoms with Crippen molar-refractivity contribution >= 4 is 21.7 Å². The summed E-state index contributed by atoms with van der Waals surface area (Å²) in [6.07, 6.45) is 0.622. The van der Waals surface area contributed by atoms with E-state index in [-0.39, 0.29) is 18.0 Å². The van der Waals surface area contributed by atoms with Gasteiger partial charge in [-0.1, -0.05) is 46.3 Å². The summed E-state index contributed by atoms with van der Waals surface area (Å²) < 4.78 is 13.9. The van der Waals surface area contributed by atoms with Crippen LogP contribution in [0.25, 0.3) is 0 Å². The van der Waals surface area contributed by atoms with Gasteiger partial charge in [0.05, 0.1) is 0 Å². The molecule has 0 aliphatic carbocycles. The van der Waals surface area contributed by atoms with E-state index >= 15 is 0 Å². The third-order valence-electron chi connectivity index (χ3n) is 2.64. The average Bonchev–Trinajstić information content (AvgIpc) is 2.35. The van der Waals surface area contributed by atoms with E-state index in [2.05, 4.69) is 15.9 Å². The Morgan fingerprint density at radius 2 is 1.78 bits per heavy atom. The zero-order valence-corrected chi connectivity index (χ0v) is 11.3. The Balaban J connectivity index is 2.05. The lowest BCUT2D eigenvalue weighted by Gasteiger charge is -2.04. The number of ketones is 1. The molecule has 0 aliphatic rings. The lowest BCUT2D eigenvalue weighted by molar-refractivity contribution is -0.117. The van der Waals surface area contributed by atoms with Crippen LogP contribution in [0.3, 0.4) is 0 Å². The molecule has 0 spiro atoms. The van der Waals surface area contributed by atoms with Crippen molar-refractivity contribution in [2.45, 2.75) is 12.8 Å². The van der Waals surface area contributed by atoms with Crippen LogP contribution in [0.15, 0.2) is 53.0 Å². The number of Topliss-reactive ketones (excluding diaryl/α,β-unsaturated/α-hetero) is 1. The van der Waals surface area contributed by atoms with Crippen molar-refractivity contribution in [3.8, 4) is 0 Å². The second kappa shape index (κ2) is 5.91. The fraction of sp³-hybridized carbons (Fsp3) is 0.133. The van der Waals surface area contributed by atoms with Crippen LogP contribution in [0.5, 0.6) is 0 Å². The highest BCUT2D eigenvalue weighted by Gasteiger charge is 2.08. The number of carbonyl (C=O) groups excluding carboxylic acids is 1. The van der Waals surface area contributed by atoms with Crippen molar-refractivity contribution in [2.24, 2.45) is 0 Å². The Morgan fingerprint density at radius 1 is 1.06 bits per heavy atom. The van der Waals surface area contributed by atoms with Crippen LogP contribution in [0.1, 0.15) is 11.1 Å². The van der Waals surface area contributed by atoms with Gasteiger partial charge in [-0.05, 0) is 29.3 Å². The van der Waals surface area contributed by atoms with Gasteiger partial charge >= 0.3 is 0 Å². The average molecular weight is 307 g/mol. The Hall–Kier alpha value is -1.48. The predicted molar refractivity (Wildman–Crippen MR) is 73.0 cm³/mol. The first-order chi connectivity index (χ1) is 8.65. The molecule has 2 rings (SSSR count). The number of hydrogen-bond acceptors (Lipinski definition) is 1. The summed E-state index contributed by atoms with van der Waals surface area (Å²) in [6, 6.07) is 13.9. The lowest BCUT2D eigenvalue weighted by Crippen LogP contribution is -2.07. The van der Waals surface area contributed by atoms with Crippen LogP contribution >= 0.6 is 15.9 Å². The molecule has 18 heavy (non-hydrogen) atoms. The molecule has 0 aliphatic heterocycles. The SMILES string of the molecule is O=C(Cc1ccccc1)Cc1cc(F)ccc1Br. The van der Waals surface area contributed by atoms with Crippen LogP contribution in [-0.2, 0) is 17.6 Å². The quantitative estimate of drug-likeness (QED) is 0.836. The zero-order chi connectivity index (χ0) is 13.0. The van der Waals surface area contributed by atoms with E-state index in [0.29, 0.717) is 12.0 Å². The largest absolute Gasteiger partial charge is 0.299 e. The van der Waals surface area contributed by atoms with Crippen molar-refractivity contribution in [3.63, 3.8) is 0 Å². The molecule has 0 saturated carbocycles. The fourth-order valence-corrected chi connectivity index (χ4v) is 2.16. The van der Waals surface area contributed by atoms with E-state index in [0.717, 1.165) is 10.0 Å². The molecule has 0 atom stereocenters. The molecule has 0 N–H and O–H groups in total. The maximum Gasteiger partial charge on any atom is 0.141 e. The molecule has 0 amide bonds. The van der Waals surface area contributed by atoms with E-state index in [1.807, 2.05) is 30.3 Å². The molecule has 0 saturated heterocycles. The molecule has 0 unspecified atom stereocenters. The fourth-order valence-electron chi connectivity index (χ4n) is 1.78. The van der Waals surface area contributed by atoms with Gasteiger partial charge < -0.3 is 0 Å². The molecule has 0 bridgehead atoms. The minimum atomic E-state index is -0.319. The Kier molecular flexibility index (Phi) is 4.26. The van der Waals surface area contributed by atoms with Crippen molar-refractivity contribution in [2.75, 3.05) is 0 Å².